The Hall–Kier alpha value is -0.380. The summed E-state index contributed by atoms with van der Waals surface area (Å²) in [6.07, 6.45) is -0.733. The summed E-state index contributed by atoms with van der Waals surface area (Å²) in [6, 6.07) is 1.44. The Morgan fingerprint density at radius 2 is 2.27 bits per heavy atom. The van der Waals surface area contributed by atoms with E-state index in [1.165, 1.54) is 10.6 Å². The monoisotopic (exact) mass is 223 g/mol. The number of aromatic nitrogens is 1. The van der Waals surface area contributed by atoms with Crippen LogP contribution in [0.1, 0.15) is 19.0 Å². The van der Waals surface area contributed by atoms with Crippen molar-refractivity contribution < 1.29 is 8.78 Å². The third-order valence-corrected chi connectivity index (χ3v) is 1.89. The fraction of sp³-hybridized carbons (Fsp3) is 0.429. The first-order chi connectivity index (χ1) is 5.15. The molecule has 1 nitrogen and oxygen atoms in total. The van der Waals surface area contributed by atoms with Crippen LogP contribution in [0.4, 0.5) is 8.78 Å². The molecule has 4 heteroatoms. The lowest BCUT2D eigenvalue weighted by Crippen LogP contribution is -1.98. The SMILES string of the molecule is CCn1cc(Br)cc1C(F)F. The predicted octanol–water partition coefficient (Wildman–Crippen LogP) is 3.21. The van der Waals surface area contributed by atoms with Crippen LogP contribution in [0, 0.1) is 0 Å². The predicted molar refractivity (Wildman–Crippen MR) is 42.8 cm³/mol. The maximum absolute atomic E-state index is 12.2. The Morgan fingerprint density at radius 1 is 1.64 bits per heavy atom. The molecule has 1 aromatic heterocycles. The second-order valence-electron chi connectivity index (χ2n) is 2.17. The van der Waals surface area contributed by atoms with Crippen LogP contribution in [0.2, 0.25) is 0 Å². The highest BCUT2D eigenvalue weighted by molar-refractivity contribution is 9.10. The van der Waals surface area contributed by atoms with Crippen molar-refractivity contribution in [1.29, 1.82) is 0 Å². The summed E-state index contributed by atoms with van der Waals surface area (Å²) < 4.78 is 26.6. The topological polar surface area (TPSA) is 4.93 Å². The van der Waals surface area contributed by atoms with Gasteiger partial charge in [0.15, 0.2) is 0 Å². The van der Waals surface area contributed by atoms with Gasteiger partial charge >= 0.3 is 0 Å². The van der Waals surface area contributed by atoms with Gasteiger partial charge in [-0.2, -0.15) is 0 Å². The molecule has 1 aromatic rings. The van der Waals surface area contributed by atoms with Crippen LogP contribution >= 0.6 is 15.9 Å². The smallest absolute Gasteiger partial charge is 0.278 e. The zero-order valence-electron chi connectivity index (χ0n) is 6.02. The molecule has 1 heterocycles. The van der Waals surface area contributed by atoms with Gasteiger partial charge in [0.05, 0.1) is 5.69 Å². The highest BCUT2D eigenvalue weighted by Crippen LogP contribution is 2.24. The molecule has 0 amide bonds. The molecule has 0 aliphatic rings. The van der Waals surface area contributed by atoms with Crippen LogP contribution in [0.3, 0.4) is 0 Å². The highest BCUT2D eigenvalue weighted by atomic mass is 79.9. The van der Waals surface area contributed by atoms with Gasteiger partial charge in [-0.15, -0.1) is 0 Å². The van der Waals surface area contributed by atoms with Crippen LogP contribution in [0.5, 0.6) is 0 Å². The van der Waals surface area contributed by atoms with Gasteiger partial charge in [0.2, 0.25) is 0 Å². The third kappa shape index (κ3) is 1.80. The first kappa shape index (κ1) is 8.71. The van der Waals surface area contributed by atoms with E-state index in [0.29, 0.717) is 11.0 Å². The number of alkyl halides is 2. The molecule has 0 atom stereocenters. The molecule has 0 fully saturated rings. The van der Waals surface area contributed by atoms with E-state index in [0.717, 1.165) is 0 Å². The van der Waals surface area contributed by atoms with Crippen LogP contribution in [0.15, 0.2) is 16.7 Å². The summed E-state index contributed by atoms with van der Waals surface area (Å²) in [5.41, 5.74) is 0.0689. The Balaban J connectivity index is 3.02. The molecule has 1 rings (SSSR count). The summed E-state index contributed by atoms with van der Waals surface area (Å²) in [5, 5.41) is 0. The number of hydrogen-bond donors (Lipinski definition) is 0. The van der Waals surface area contributed by atoms with Crippen LogP contribution in [0.25, 0.3) is 0 Å². The number of rotatable bonds is 2. The van der Waals surface area contributed by atoms with Crippen molar-refractivity contribution in [2.45, 2.75) is 19.9 Å². The van der Waals surface area contributed by atoms with Gasteiger partial charge in [-0.25, -0.2) is 8.78 Å². The maximum Gasteiger partial charge on any atom is 0.278 e. The van der Waals surface area contributed by atoms with E-state index >= 15 is 0 Å². The third-order valence-electron chi connectivity index (χ3n) is 1.46. The van der Waals surface area contributed by atoms with Crippen molar-refractivity contribution in [3.8, 4) is 0 Å². The van der Waals surface area contributed by atoms with E-state index in [2.05, 4.69) is 15.9 Å². The minimum absolute atomic E-state index is 0.0689. The van der Waals surface area contributed by atoms with Gasteiger partial charge in [-0.1, -0.05) is 0 Å². The summed E-state index contributed by atoms with van der Waals surface area (Å²) in [5.74, 6) is 0. The van der Waals surface area contributed by atoms with Gasteiger partial charge in [0, 0.05) is 17.2 Å². The van der Waals surface area contributed by atoms with Crippen molar-refractivity contribution in [2.24, 2.45) is 0 Å². The molecule has 0 N–H and O–H groups in total. The normalized spacial score (nSPS) is 11.0. The van der Waals surface area contributed by atoms with E-state index in [9.17, 15) is 8.78 Å². The van der Waals surface area contributed by atoms with Crippen LogP contribution in [-0.4, -0.2) is 4.57 Å². The molecule has 0 bridgehead atoms. The molecule has 0 aromatic carbocycles. The maximum atomic E-state index is 12.2. The van der Waals surface area contributed by atoms with Crippen molar-refractivity contribution >= 4 is 15.9 Å². The molecule has 11 heavy (non-hydrogen) atoms. The van der Waals surface area contributed by atoms with Gasteiger partial charge in [-0.05, 0) is 28.9 Å². The Bertz CT molecular complexity index is 245. The summed E-state index contributed by atoms with van der Waals surface area (Å²) >= 11 is 3.14. The van der Waals surface area contributed by atoms with E-state index in [1.807, 2.05) is 6.92 Å². The van der Waals surface area contributed by atoms with E-state index in [1.54, 1.807) is 6.20 Å². The highest BCUT2D eigenvalue weighted by Gasteiger charge is 2.12. The van der Waals surface area contributed by atoms with Crippen LogP contribution in [-0.2, 0) is 6.54 Å². The fourth-order valence-corrected chi connectivity index (χ4v) is 1.43. The first-order valence-electron chi connectivity index (χ1n) is 3.29. The lowest BCUT2D eigenvalue weighted by Gasteiger charge is -2.02. The summed E-state index contributed by atoms with van der Waals surface area (Å²) in [4.78, 5) is 0. The second-order valence-corrected chi connectivity index (χ2v) is 3.09. The summed E-state index contributed by atoms with van der Waals surface area (Å²) in [6.45, 7) is 2.41. The van der Waals surface area contributed by atoms with Gasteiger partial charge in [0.1, 0.15) is 0 Å². The minimum Gasteiger partial charge on any atom is -0.346 e. The number of halogens is 3. The number of hydrogen-bond acceptors (Lipinski definition) is 0. The minimum atomic E-state index is -2.39. The molecule has 0 radical (unpaired) electrons. The Kier molecular flexibility index (Phi) is 2.65. The average molecular weight is 224 g/mol. The van der Waals surface area contributed by atoms with Gasteiger partial charge in [-0.3, -0.25) is 0 Å². The first-order valence-corrected chi connectivity index (χ1v) is 4.08. The van der Waals surface area contributed by atoms with Gasteiger partial charge in [0.25, 0.3) is 6.43 Å². The molecular formula is C7H8BrF2N. The van der Waals surface area contributed by atoms with Crippen molar-refractivity contribution in [2.75, 3.05) is 0 Å². The average Bonchev–Trinajstić information content (AvgIpc) is 2.30. The number of nitrogens with zero attached hydrogens (tertiary/aromatic N) is 1. The largest absolute Gasteiger partial charge is 0.346 e. The molecular weight excluding hydrogens is 216 g/mol. The van der Waals surface area contributed by atoms with Crippen molar-refractivity contribution in [3.63, 3.8) is 0 Å². The molecule has 0 aliphatic heterocycles. The molecule has 62 valence electrons. The van der Waals surface area contributed by atoms with Gasteiger partial charge < -0.3 is 4.57 Å². The molecule has 0 spiro atoms. The zero-order valence-corrected chi connectivity index (χ0v) is 7.61. The molecule has 0 saturated heterocycles. The molecule has 0 aliphatic carbocycles. The van der Waals surface area contributed by atoms with Crippen molar-refractivity contribution in [1.82, 2.24) is 4.57 Å². The Morgan fingerprint density at radius 3 is 2.64 bits per heavy atom. The second kappa shape index (κ2) is 3.34. The zero-order chi connectivity index (χ0) is 8.43. The summed E-state index contributed by atoms with van der Waals surface area (Å²) in [7, 11) is 0. The quantitative estimate of drug-likeness (QED) is 0.726. The van der Waals surface area contributed by atoms with E-state index in [4.69, 9.17) is 0 Å². The van der Waals surface area contributed by atoms with E-state index in [-0.39, 0.29) is 5.69 Å². The number of aryl methyl sites for hydroxylation is 1. The lowest BCUT2D eigenvalue weighted by atomic mass is 10.4. The molecule has 0 saturated carbocycles. The lowest BCUT2D eigenvalue weighted by molar-refractivity contribution is 0.141. The fourth-order valence-electron chi connectivity index (χ4n) is 0.947. The van der Waals surface area contributed by atoms with Crippen molar-refractivity contribution in [3.05, 3.63) is 22.4 Å². The molecule has 0 unspecified atom stereocenters. The van der Waals surface area contributed by atoms with E-state index < -0.39 is 6.43 Å². The Labute approximate surface area is 72.1 Å². The standard InChI is InChI=1S/C7H8BrF2N/c1-2-11-4-5(8)3-6(11)7(9)10/h3-4,7H,2H2,1H3. The van der Waals surface area contributed by atoms with Crippen LogP contribution < -0.4 is 0 Å².